The van der Waals surface area contributed by atoms with Gasteiger partial charge < -0.3 is 10.1 Å². The van der Waals surface area contributed by atoms with Crippen LogP contribution in [0.3, 0.4) is 0 Å². The van der Waals surface area contributed by atoms with E-state index in [-0.39, 0.29) is 17.8 Å². The van der Waals surface area contributed by atoms with Crippen molar-refractivity contribution < 1.29 is 22.7 Å². The molecule has 0 unspecified atom stereocenters. The summed E-state index contributed by atoms with van der Waals surface area (Å²) in [5.41, 5.74) is 1.51. The molecule has 1 aliphatic rings. The van der Waals surface area contributed by atoms with E-state index >= 15 is 0 Å². The third kappa shape index (κ3) is 4.91. The minimum atomic E-state index is -3.26. The summed E-state index contributed by atoms with van der Waals surface area (Å²) in [5.74, 6) is -0.0710. The number of rotatable bonds is 5. The SMILES string of the molecule is CC(C)NC(=O)N(C)c1ccc(OC(=O)c2ccc(N3CCCS3(=O)=O)cc2)cc1. The highest BCUT2D eigenvalue weighted by Gasteiger charge is 2.28. The summed E-state index contributed by atoms with van der Waals surface area (Å²) in [6.07, 6.45) is 0.594. The standard InChI is InChI=1S/C21H25N3O5S/c1-15(2)22-21(26)23(3)17-9-11-19(12-10-17)29-20(25)16-5-7-18(8-6-16)24-13-4-14-30(24,27)28/h5-12,15H,4,13-14H2,1-3H3,(H,22,26). The summed E-state index contributed by atoms with van der Waals surface area (Å²) in [5, 5.41) is 2.80. The molecule has 1 saturated heterocycles. The van der Waals surface area contributed by atoms with Gasteiger partial charge in [-0.05, 0) is 68.8 Å². The van der Waals surface area contributed by atoms with Gasteiger partial charge in [-0.25, -0.2) is 18.0 Å². The van der Waals surface area contributed by atoms with Crippen molar-refractivity contribution in [1.29, 1.82) is 0 Å². The number of benzene rings is 2. The summed E-state index contributed by atoms with van der Waals surface area (Å²) in [6.45, 7) is 4.21. The van der Waals surface area contributed by atoms with Crippen LogP contribution >= 0.6 is 0 Å². The molecule has 0 saturated carbocycles. The average Bonchev–Trinajstić information content (AvgIpc) is 3.06. The van der Waals surface area contributed by atoms with Crippen LogP contribution in [0.4, 0.5) is 16.2 Å². The van der Waals surface area contributed by atoms with Crippen molar-refractivity contribution in [2.24, 2.45) is 0 Å². The number of nitrogens with zero attached hydrogens (tertiary/aromatic N) is 2. The Bertz CT molecular complexity index is 1020. The van der Waals surface area contributed by atoms with Gasteiger partial charge in [0, 0.05) is 25.3 Å². The molecule has 1 fully saturated rings. The number of sulfonamides is 1. The zero-order valence-electron chi connectivity index (χ0n) is 17.2. The highest BCUT2D eigenvalue weighted by Crippen LogP contribution is 2.25. The minimum Gasteiger partial charge on any atom is -0.423 e. The zero-order chi connectivity index (χ0) is 21.9. The molecule has 0 radical (unpaired) electrons. The van der Waals surface area contributed by atoms with Crippen LogP contribution in [-0.4, -0.2) is 45.8 Å². The molecule has 9 heteroatoms. The molecule has 2 amide bonds. The highest BCUT2D eigenvalue weighted by molar-refractivity contribution is 7.93. The Balaban J connectivity index is 1.64. The van der Waals surface area contributed by atoms with Crippen molar-refractivity contribution in [2.45, 2.75) is 26.3 Å². The molecule has 0 aromatic heterocycles. The number of ether oxygens (including phenoxy) is 1. The first-order valence-corrected chi connectivity index (χ1v) is 11.3. The molecule has 160 valence electrons. The molecule has 8 nitrogen and oxygen atoms in total. The second-order valence-corrected chi connectivity index (χ2v) is 9.35. The van der Waals surface area contributed by atoms with Crippen molar-refractivity contribution >= 4 is 33.4 Å². The predicted octanol–water partition coefficient (Wildman–Crippen LogP) is 3.00. The third-order valence-electron chi connectivity index (χ3n) is 4.64. The molecule has 1 N–H and O–H groups in total. The molecule has 30 heavy (non-hydrogen) atoms. The number of carbonyl (C=O) groups excluding carboxylic acids is 2. The number of esters is 1. The number of urea groups is 1. The van der Waals surface area contributed by atoms with Crippen LogP contribution in [0.25, 0.3) is 0 Å². The lowest BCUT2D eigenvalue weighted by Crippen LogP contribution is -2.40. The summed E-state index contributed by atoms with van der Waals surface area (Å²) in [6, 6.07) is 12.7. The Morgan fingerprint density at radius 1 is 1.07 bits per heavy atom. The normalized spacial score (nSPS) is 15.1. The molecule has 2 aromatic carbocycles. The van der Waals surface area contributed by atoms with Crippen LogP contribution in [-0.2, 0) is 10.0 Å². The fourth-order valence-electron chi connectivity index (χ4n) is 3.06. The van der Waals surface area contributed by atoms with E-state index in [1.807, 2.05) is 13.8 Å². The molecule has 1 heterocycles. The van der Waals surface area contributed by atoms with Crippen molar-refractivity contribution in [3.63, 3.8) is 0 Å². The molecular weight excluding hydrogens is 406 g/mol. The van der Waals surface area contributed by atoms with Crippen molar-refractivity contribution in [3.8, 4) is 5.75 Å². The second kappa shape index (κ2) is 8.74. The molecule has 3 rings (SSSR count). The van der Waals surface area contributed by atoms with E-state index in [9.17, 15) is 18.0 Å². The Morgan fingerprint density at radius 2 is 1.70 bits per heavy atom. The molecular formula is C21H25N3O5S. The Labute approximate surface area is 176 Å². The van der Waals surface area contributed by atoms with Gasteiger partial charge in [-0.1, -0.05) is 0 Å². The number of nitrogens with one attached hydrogen (secondary N) is 1. The van der Waals surface area contributed by atoms with Crippen LogP contribution in [0.2, 0.25) is 0 Å². The molecule has 1 aliphatic heterocycles. The fraction of sp³-hybridized carbons (Fsp3) is 0.333. The summed E-state index contributed by atoms with van der Waals surface area (Å²) >= 11 is 0. The number of hydrogen-bond acceptors (Lipinski definition) is 5. The molecule has 0 bridgehead atoms. The van der Waals surface area contributed by atoms with E-state index < -0.39 is 16.0 Å². The highest BCUT2D eigenvalue weighted by atomic mass is 32.2. The first-order valence-electron chi connectivity index (χ1n) is 9.64. The number of anilines is 2. The van der Waals surface area contributed by atoms with Gasteiger partial charge in [-0.15, -0.1) is 0 Å². The lowest BCUT2D eigenvalue weighted by atomic mass is 10.2. The van der Waals surface area contributed by atoms with Crippen LogP contribution in [0.1, 0.15) is 30.6 Å². The van der Waals surface area contributed by atoms with Gasteiger partial charge in [0.1, 0.15) is 5.75 Å². The minimum absolute atomic E-state index is 0.0251. The Kier molecular flexibility index (Phi) is 6.31. The topological polar surface area (TPSA) is 96.0 Å². The molecule has 0 spiro atoms. The van der Waals surface area contributed by atoms with Crippen molar-refractivity contribution in [2.75, 3.05) is 28.6 Å². The van der Waals surface area contributed by atoms with Gasteiger partial charge in [-0.2, -0.15) is 0 Å². The van der Waals surface area contributed by atoms with E-state index in [2.05, 4.69) is 5.32 Å². The van der Waals surface area contributed by atoms with Gasteiger partial charge in [0.25, 0.3) is 0 Å². The number of amides is 2. The van der Waals surface area contributed by atoms with Crippen molar-refractivity contribution in [1.82, 2.24) is 5.32 Å². The van der Waals surface area contributed by atoms with E-state index in [0.29, 0.717) is 35.7 Å². The largest absolute Gasteiger partial charge is 0.423 e. The number of hydrogen-bond donors (Lipinski definition) is 1. The predicted molar refractivity (Wildman–Crippen MR) is 116 cm³/mol. The van der Waals surface area contributed by atoms with E-state index in [1.54, 1.807) is 55.6 Å². The van der Waals surface area contributed by atoms with Gasteiger partial charge >= 0.3 is 12.0 Å². The quantitative estimate of drug-likeness (QED) is 0.580. The van der Waals surface area contributed by atoms with E-state index in [1.165, 1.54) is 9.21 Å². The lowest BCUT2D eigenvalue weighted by molar-refractivity contribution is 0.0734. The first kappa shape index (κ1) is 21.6. The molecule has 2 aromatic rings. The van der Waals surface area contributed by atoms with Crippen LogP contribution in [0.15, 0.2) is 48.5 Å². The summed E-state index contributed by atoms with van der Waals surface area (Å²) in [7, 11) is -1.61. The van der Waals surface area contributed by atoms with E-state index in [4.69, 9.17) is 4.74 Å². The maximum absolute atomic E-state index is 12.4. The lowest BCUT2D eigenvalue weighted by Gasteiger charge is -2.20. The Hall–Kier alpha value is -3.07. The number of carbonyl (C=O) groups is 2. The van der Waals surface area contributed by atoms with Crippen molar-refractivity contribution in [3.05, 3.63) is 54.1 Å². The average molecular weight is 432 g/mol. The smallest absolute Gasteiger partial charge is 0.343 e. The van der Waals surface area contributed by atoms with Gasteiger partial charge in [0.05, 0.1) is 17.0 Å². The van der Waals surface area contributed by atoms with E-state index in [0.717, 1.165) is 0 Å². The zero-order valence-corrected chi connectivity index (χ0v) is 18.0. The van der Waals surface area contributed by atoms with Gasteiger partial charge in [0.2, 0.25) is 10.0 Å². The van der Waals surface area contributed by atoms with Gasteiger partial charge in [0.15, 0.2) is 0 Å². The molecule has 0 atom stereocenters. The molecule has 0 aliphatic carbocycles. The monoisotopic (exact) mass is 431 g/mol. The van der Waals surface area contributed by atoms with Gasteiger partial charge in [-0.3, -0.25) is 9.21 Å². The van der Waals surface area contributed by atoms with Crippen LogP contribution in [0, 0.1) is 0 Å². The van der Waals surface area contributed by atoms with Crippen LogP contribution < -0.4 is 19.3 Å². The Morgan fingerprint density at radius 3 is 2.23 bits per heavy atom. The third-order valence-corrected chi connectivity index (χ3v) is 6.51. The maximum Gasteiger partial charge on any atom is 0.343 e. The van der Waals surface area contributed by atoms with Crippen LogP contribution in [0.5, 0.6) is 5.75 Å². The summed E-state index contributed by atoms with van der Waals surface area (Å²) in [4.78, 5) is 25.9. The summed E-state index contributed by atoms with van der Waals surface area (Å²) < 4.78 is 30.7. The first-order chi connectivity index (χ1) is 14.2. The second-order valence-electron chi connectivity index (χ2n) is 7.34. The maximum atomic E-state index is 12.4. The fourth-order valence-corrected chi connectivity index (χ4v) is 4.62.